The molecule has 0 bridgehead atoms. The summed E-state index contributed by atoms with van der Waals surface area (Å²) >= 11 is 0. The summed E-state index contributed by atoms with van der Waals surface area (Å²) in [6, 6.07) is 28.1. The first-order valence-corrected chi connectivity index (χ1v) is 13.3. The Bertz CT molecular complexity index is 1640. The number of urea groups is 1. The molecule has 0 fully saturated rings. The Kier molecular flexibility index (Phi) is 6.59. The molecule has 3 aromatic carbocycles. The van der Waals surface area contributed by atoms with Crippen LogP contribution in [-0.2, 0) is 13.1 Å². The number of rotatable bonds is 5. The van der Waals surface area contributed by atoms with Crippen molar-refractivity contribution in [3.63, 3.8) is 0 Å². The van der Waals surface area contributed by atoms with Crippen LogP contribution in [0, 0.1) is 12.7 Å². The fourth-order valence-electron chi connectivity index (χ4n) is 5.34. The van der Waals surface area contributed by atoms with Crippen LogP contribution < -0.4 is 10.2 Å². The van der Waals surface area contributed by atoms with Gasteiger partial charge in [-0.2, -0.15) is 5.10 Å². The Balaban J connectivity index is 1.46. The highest BCUT2D eigenvalue weighted by atomic mass is 19.1. The van der Waals surface area contributed by atoms with Crippen LogP contribution in [0.15, 0.2) is 97.2 Å². The van der Waals surface area contributed by atoms with Crippen LogP contribution in [0.3, 0.4) is 0 Å². The summed E-state index contributed by atoms with van der Waals surface area (Å²) in [7, 11) is 4.02. The second-order valence-electron chi connectivity index (χ2n) is 10.2. The molecule has 0 saturated heterocycles. The number of carbonyl (C=O) groups is 1. The molecule has 0 spiro atoms. The summed E-state index contributed by atoms with van der Waals surface area (Å²) in [6.45, 7) is 2.64. The van der Waals surface area contributed by atoms with E-state index in [0.717, 1.165) is 45.3 Å². The molecule has 1 aliphatic rings. The second-order valence-corrected chi connectivity index (χ2v) is 10.2. The maximum absolute atomic E-state index is 14.0. The van der Waals surface area contributed by atoms with Gasteiger partial charge in [0.05, 0.1) is 29.7 Å². The number of anilines is 1. The van der Waals surface area contributed by atoms with Crippen molar-refractivity contribution < 1.29 is 9.18 Å². The molecule has 1 aliphatic heterocycles. The predicted molar refractivity (Wildman–Crippen MR) is 154 cm³/mol. The number of amides is 2. The molecule has 8 heteroatoms. The minimum atomic E-state index is -0.351. The highest BCUT2D eigenvalue weighted by molar-refractivity contribution is 5.76. The van der Waals surface area contributed by atoms with E-state index in [1.807, 2.05) is 73.2 Å². The fraction of sp³-hybridized carbons (Fsp3) is 0.188. The van der Waals surface area contributed by atoms with E-state index in [1.165, 1.54) is 12.1 Å². The van der Waals surface area contributed by atoms with Crippen molar-refractivity contribution in [3.8, 4) is 11.5 Å². The minimum Gasteiger partial charge on any atom is -0.378 e. The van der Waals surface area contributed by atoms with Gasteiger partial charge in [-0.3, -0.25) is 0 Å². The third kappa shape index (κ3) is 4.62. The molecule has 1 N–H and O–H groups in total. The van der Waals surface area contributed by atoms with Crippen LogP contribution in [0.25, 0.3) is 11.5 Å². The van der Waals surface area contributed by atoms with Crippen LogP contribution >= 0.6 is 0 Å². The zero-order valence-electron chi connectivity index (χ0n) is 22.8. The monoisotopic (exact) mass is 534 g/mol. The molecule has 2 aromatic heterocycles. The molecule has 5 aromatic rings. The number of nitrogens with one attached hydrogen (secondary N) is 1. The summed E-state index contributed by atoms with van der Waals surface area (Å²) < 4.78 is 17.6. The number of halogens is 1. The summed E-state index contributed by atoms with van der Waals surface area (Å²) in [5, 5.41) is 7.98. The predicted octanol–water partition coefficient (Wildman–Crippen LogP) is 5.99. The molecule has 0 saturated carbocycles. The van der Waals surface area contributed by atoms with Gasteiger partial charge in [0.2, 0.25) is 0 Å². The maximum Gasteiger partial charge on any atom is 0.318 e. The Morgan fingerprint density at radius 1 is 0.975 bits per heavy atom. The van der Waals surface area contributed by atoms with Crippen molar-refractivity contribution in [1.29, 1.82) is 0 Å². The first kappa shape index (κ1) is 25.4. The standard InChI is InChI=1S/C32H31FN6O/c1-22-28-21-38(32(40)34-20-23-11-15-25(33)16-12-23)30(24-13-17-26(18-14-24)36(2)3)29-10-7-19-37(29)31(28)39(35-22)27-8-5-4-6-9-27/h4-19,30H,20-21H2,1-3H3,(H,34,40). The third-order valence-corrected chi connectivity index (χ3v) is 7.43. The molecule has 2 amide bonds. The molecule has 6 rings (SSSR count). The van der Waals surface area contributed by atoms with Gasteiger partial charge in [0, 0.05) is 38.1 Å². The lowest BCUT2D eigenvalue weighted by molar-refractivity contribution is 0.180. The van der Waals surface area contributed by atoms with Gasteiger partial charge in [-0.05, 0) is 66.6 Å². The molecule has 202 valence electrons. The number of hydrogen-bond donors (Lipinski definition) is 1. The van der Waals surface area contributed by atoms with Gasteiger partial charge in [0.15, 0.2) is 0 Å². The lowest BCUT2D eigenvalue weighted by atomic mass is 10.0. The number of nitrogens with zero attached hydrogens (tertiary/aromatic N) is 5. The number of aromatic nitrogens is 3. The number of aryl methyl sites for hydroxylation is 1. The van der Waals surface area contributed by atoms with Crippen LogP contribution in [-0.4, -0.2) is 39.4 Å². The number of para-hydroxylation sites is 1. The molecule has 1 atom stereocenters. The van der Waals surface area contributed by atoms with E-state index in [0.29, 0.717) is 6.54 Å². The van der Waals surface area contributed by atoms with Crippen molar-refractivity contribution in [2.24, 2.45) is 0 Å². The van der Waals surface area contributed by atoms with Gasteiger partial charge in [0.1, 0.15) is 11.6 Å². The van der Waals surface area contributed by atoms with E-state index < -0.39 is 0 Å². The van der Waals surface area contributed by atoms with Crippen molar-refractivity contribution >= 4 is 11.7 Å². The summed E-state index contributed by atoms with van der Waals surface area (Å²) in [5.74, 6) is 0.621. The molecular formula is C32H31FN6O. The average molecular weight is 535 g/mol. The van der Waals surface area contributed by atoms with E-state index >= 15 is 0 Å². The highest BCUT2D eigenvalue weighted by Gasteiger charge is 2.36. The molecule has 40 heavy (non-hydrogen) atoms. The summed E-state index contributed by atoms with van der Waals surface area (Å²) in [5.41, 5.74) is 6.67. The summed E-state index contributed by atoms with van der Waals surface area (Å²) in [6.07, 6.45) is 2.04. The number of benzene rings is 3. The Morgan fingerprint density at radius 2 is 1.70 bits per heavy atom. The van der Waals surface area contributed by atoms with Crippen LogP contribution in [0.2, 0.25) is 0 Å². The van der Waals surface area contributed by atoms with Crippen molar-refractivity contribution in [2.75, 3.05) is 19.0 Å². The van der Waals surface area contributed by atoms with Crippen LogP contribution in [0.5, 0.6) is 0 Å². The van der Waals surface area contributed by atoms with E-state index in [4.69, 9.17) is 5.10 Å². The third-order valence-electron chi connectivity index (χ3n) is 7.43. The van der Waals surface area contributed by atoms with Gasteiger partial charge in [-0.1, -0.05) is 42.5 Å². The number of carbonyl (C=O) groups excluding carboxylic acids is 1. The first-order chi connectivity index (χ1) is 19.4. The van der Waals surface area contributed by atoms with E-state index in [-0.39, 0.29) is 24.4 Å². The first-order valence-electron chi connectivity index (χ1n) is 13.3. The molecule has 1 unspecified atom stereocenters. The van der Waals surface area contributed by atoms with Crippen LogP contribution in [0.1, 0.15) is 34.1 Å². The van der Waals surface area contributed by atoms with E-state index in [2.05, 4.69) is 45.1 Å². The zero-order valence-corrected chi connectivity index (χ0v) is 22.8. The molecule has 3 heterocycles. The Hall–Kier alpha value is -4.85. The van der Waals surface area contributed by atoms with Gasteiger partial charge in [-0.25, -0.2) is 13.9 Å². The number of hydrogen-bond acceptors (Lipinski definition) is 3. The highest BCUT2D eigenvalue weighted by Crippen LogP contribution is 2.38. The quantitative estimate of drug-likeness (QED) is 0.301. The van der Waals surface area contributed by atoms with Gasteiger partial charge >= 0.3 is 6.03 Å². The molecule has 0 aliphatic carbocycles. The normalized spacial score (nSPS) is 14.3. The lowest BCUT2D eigenvalue weighted by Crippen LogP contribution is -2.41. The van der Waals surface area contributed by atoms with Crippen LogP contribution in [0.4, 0.5) is 14.9 Å². The van der Waals surface area contributed by atoms with Gasteiger partial charge in [-0.15, -0.1) is 0 Å². The number of fused-ring (bicyclic) bond motifs is 3. The largest absolute Gasteiger partial charge is 0.378 e. The summed E-state index contributed by atoms with van der Waals surface area (Å²) in [4.78, 5) is 17.9. The van der Waals surface area contributed by atoms with E-state index in [9.17, 15) is 9.18 Å². The van der Waals surface area contributed by atoms with Crippen molar-refractivity contribution in [3.05, 3.63) is 131 Å². The Labute approximate surface area is 233 Å². The minimum absolute atomic E-state index is 0.210. The second kappa shape index (κ2) is 10.4. The van der Waals surface area contributed by atoms with Crippen molar-refractivity contribution in [2.45, 2.75) is 26.1 Å². The van der Waals surface area contributed by atoms with E-state index in [1.54, 1.807) is 12.1 Å². The maximum atomic E-state index is 14.0. The smallest absolute Gasteiger partial charge is 0.318 e. The molecule has 7 nitrogen and oxygen atoms in total. The lowest BCUT2D eigenvalue weighted by Gasteiger charge is -2.31. The van der Waals surface area contributed by atoms with Crippen molar-refractivity contribution in [1.82, 2.24) is 24.6 Å². The molecular weight excluding hydrogens is 503 g/mol. The zero-order chi connectivity index (χ0) is 27.8. The average Bonchev–Trinajstić information content (AvgIpc) is 3.53. The fourth-order valence-corrected chi connectivity index (χ4v) is 5.34. The topological polar surface area (TPSA) is 58.3 Å². The molecule has 0 radical (unpaired) electrons. The van der Waals surface area contributed by atoms with Gasteiger partial charge < -0.3 is 19.7 Å². The Morgan fingerprint density at radius 3 is 2.40 bits per heavy atom. The van der Waals surface area contributed by atoms with Gasteiger partial charge in [0.25, 0.3) is 0 Å². The SMILES string of the molecule is Cc1nn(-c2ccccc2)c2c1CN(C(=O)NCc1ccc(F)cc1)C(c1ccc(N(C)C)cc1)c1cccn1-2.